The smallest absolute Gasteiger partial charge is 0.311 e. The number of ether oxygens (including phenoxy) is 2. The first-order valence-corrected chi connectivity index (χ1v) is 36.9. The van der Waals surface area contributed by atoms with Crippen LogP contribution >= 0.6 is 92.8 Å². The second kappa shape index (κ2) is 35.8. The second-order valence-corrected chi connectivity index (χ2v) is 28.4. The number of amides is 1. The Kier molecular flexibility index (Phi) is 27.3. The molecule has 1 amide bonds. The van der Waals surface area contributed by atoms with E-state index in [1.54, 1.807) is 160 Å². The highest BCUT2D eigenvalue weighted by atomic mass is 35.5. The summed E-state index contributed by atoms with van der Waals surface area (Å²) in [5.74, 6) is -5.68. The molecule has 2 unspecified atom stereocenters. The molecule has 4 aromatic heterocycles. The maximum Gasteiger partial charge on any atom is 0.311 e. The lowest BCUT2D eigenvalue weighted by molar-refractivity contribution is -0.139. The molecule has 0 fully saturated rings. The van der Waals surface area contributed by atoms with Gasteiger partial charge < -0.3 is 45.4 Å². The fraction of sp³-hybridized carbons (Fsp3) is 0.210. The standard InChI is InChI=1S/C21H20Cl2N2O4.C21H19Cl2NO4.C20H17Cl2NO4.C19H15Cl2NO4/c1-12-15(11-18(27)24-9-10-26)19-16(7-8-17(29-2)20(19)23)25(12)21(28)13-3-5-14(22)6-4-13;1-3-4-14(21(27)28)17-11(2)24(15-9-10-16(25)19(23)18(15)17)20(26)12-5-7-13(22)8-6-12;1-4-12-9-15-16(17(22)18(12)25)19(27-11(3)24)10(2)23(15)20(26)13-5-7-14(21)8-6-13;1-9(19(25)26)15-10(2)22(13-7-8-14(23)17(21)16(13)15)18(24)11-3-5-12(20)6-4-11/h3-8,26H,9-11H2,1-2H3,(H,24,27);5-10,14,25H,3-4H2,1-2H3,(H,27,28);5-9,25H,4H2,1-3H3;3-9,23H,1-2H3,(H,25,26). The number of halogens is 8. The molecule has 0 saturated heterocycles. The highest BCUT2D eigenvalue weighted by molar-refractivity contribution is 6.40. The summed E-state index contributed by atoms with van der Waals surface area (Å²) in [5.41, 5.74) is 7.64. The number of methoxy groups -OCH3 is 1. The van der Waals surface area contributed by atoms with E-state index >= 15 is 0 Å². The zero-order chi connectivity index (χ0) is 80.8. The van der Waals surface area contributed by atoms with Gasteiger partial charge in [0.1, 0.15) is 23.0 Å². The molecule has 572 valence electrons. The summed E-state index contributed by atoms with van der Waals surface area (Å²) in [4.78, 5) is 100. The van der Waals surface area contributed by atoms with Crippen LogP contribution in [0.3, 0.4) is 0 Å². The topological polar surface area (TPSA) is 308 Å². The van der Waals surface area contributed by atoms with E-state index in [0.717, 1.165) is 0 Å². The maximum absolute atomic E-state index is 13.2. The fourth-order valence-electron chi connectivity index (χ4n) is 13.0. The van der Waals surface area contributed by atoms with E-state index in [2.05, 4.69) is 5.32 Å². The van der Waals surface area contributed by atoms with E-state index in [9.17, 15) is 63.9 Å². The molecule has 8 aromatic carbocycles. The first-order valence-electron chi connectivity index (χ1n) is 33.8. The van der Waals surface area contributed by atoms with Gasteiger partial charge in [0.05, 0.1) is 85.2 Å². The summed E-state index contributed by atoms with van der Waals surface area (Å²) in [5, 5.41) is 65.4. The number of aromatic hydroxyl groups is 3. The molecule has 4 heterocycles. The van der Waals surface area contributed by atoms with Gasteiger partial charge in [-0.2, -0.15) is 0 Å². The minimum absolute atomic E-state index is 0.0100. The van der Waals surface area contributed by atoms with E-state index < -0.39 is 29.7 Å². The Morgan fingerprint density at radius 3 is 1.27 bits per heavy atom. The van der Waals surface area contributed by atoms with Crippen molar-refractivity contribution in [3.8, 4) is 28.7 Å². The van der Waals surface area contributed by atoms with Crippen molar-refractivity contribution in [3.05, 3.63) is 247 Å². The van der Waals surface area contributed by atoms with Gasteiger partial charge in [0, 0.05) is 89.1 Å². The number of carbonyl (C=O) groups excluding carboxylic acids is 6. The molecule has 7 N–H and O–H groups in total. The SMILES string of the molecule is CCCC(C(=O)O)c1c(C)n(C(=O)c2ccc(Cl)cc2)c2ccc(O)c(Cl)c12.CCc1cc2c(c(Cl)c1O)c(OC(C)=O)c(C)n2C(=O)c1ccc(Cl)cc1.COc1ccc2c(c1Cl)c(CC(=O)NCCO)c(C)n2C(=O)c1ccc(Cl)cc1.Cc1c(C(C)C(=O)O)c2c(Cl)c(O)ccc2n1C(=O)c1ccc(Cl)cc1. The first kappa shape index (κ1) is 84.0. The van der Waals surface area contributed by atoms with E-state index in [-0.39, 0.29) is 87.2 Å². The van der Waals surface area contributed by atoms with Crippen molar-refractivity contribution in [2.45, 2.75) is 92.9 Å². The number of phenols is 3. The molecule has 2 atom stereocenters. The van der Waals surface area contributed by atoms with Crippen LogP contribution in [0, 0.1) is 27.7 Å². The third kappa shape index (κ3) is 17.1. The Bertz CT molecular complexity index is 5630. The number of aliphatic hydroxyl groups excluding tert-OH is 1. The maximum atomic E-state index is 13.2. The number of benzene rings is 8. The molecule has 0 aliphatic carbocycles. The summed E-state index contributed by atoms with van der Waals surface area (Å²) >= 11 is 49.2. The number of rotatable bonds is 17. The number of aromatic nitrogens is 4. The van der Waals surface area contributed by atoms with Crippen LogP contribution in [0.5, 0.6) is 28.7 Å². The van der Waals surface area contributed by atoms with Crippen LogP contribution in [0.1, 0.15) is 139 Å². The van der Waals surface area contributed by atoms with Gasteiger partial charge in [0.25, 0.3) is 23.6 Å². The van der Waals surface area contributed by atoms with Crippen molar-refractivity contribution < 1.29 is 78.5 Å². The zero-order valence-electron chi connectivity index (χ0n) is 60.3. The largest absolute Gasteiger partial charge is 0.506 e. The van der Waals surface area contributed by atoms with Gasteiger partial charge in [-0.15, -0.1) is 0 Å². The molecule has 0 aliphatic heterocycles. The molecular weight excluding hydrogens is 1580 g/mol. The van der Waals surface area contributed by atoms with Gasteiger partial charge in [-0.25, -0.2) is 0 Å². The number of nitrogens with one attached hydrogen (secondary N) is 1. The van der Waals surface area contributed by atoms with Crippen LogP contribution in [0.2, 0.25) is 40.2 Å². The molecule has 21 nitrogen and oxygen atoms in total. The lowest BCUT2D eigenvalue weighted by Crippen LogP contribution is -2.28. The van der Waals surface area contributed by atoms with Gasteiger partial charge in [0.15, 0.2) is 5.75 Å². The van der Waals surface area contributed by atoms with Crippen LogP contribution in [0.25, 0.3) is 43.6 Å². The number of esters is 1. The molecule has 12 aromatic rings. The molecule has 0 aliphatic rings. The Balaban J connectivity index is 0.000000169. The van der Waals surface area contributed by atoms with Gasteiger partial charge in [-0.1, -0.05) is 113 Å². The van der Waals surface area contributed by atoms with Crippen molar-refractivity contribution in [1.29, 1.82) is 0 Å². The molecule has 0 saturated carbocycles. The minimum Gasteiger partial charge on any atom is -0.506 e. The molecule has 0 bridgehead atoms. The highest BCUT2D eigenvalue weighted by Gasteiger charge is 2.34. The van der Waals surface area contributed by atoms with Crippen molar-refractivity contribution in [3.63, 3.8) is 0 Å². The lowest BCUT2D eigenvalue weighted by atomic mass is 9.92. The summed E-state index contributed by atoms with van der Waals surface area (Å²) < 4.78 is 16.5. The Labute approximate surface area is 670 Å². The van der Waals surface area contributed by atoms with Crippen LogP contribution in [-0.2, 0) is 32.0 Å². The average Bonchev–Trinajstić information content (AvgIpc) is 1.61. The number of carboxylic acids is 2. The summed E-state index contributed by atoms with van der Waals surface area (Å²) in [6.45, 7) is 13.3. The van der Waals surface area contributed by atoms with Crippen molar-refractivity contribution in [1.82, 2.24) is 23.6 Å². The quantitative estimate of drug-likeness (QED) is 0.0417. The average molecular weight is 1650 g/mol. The number of carboxylic acid groups (broad SMARTS) is 2. The number of phenolic OH excluding ortho intramolecular Hbond substituents is 3. The minimum atomic E-state index is -1.05. The number of aliphatic hydroxyl groups is 1. The zero-order valence-corrected chi connectivity index (χ0v) is 66.3. The predicted octanol–water partition coefficient (Wildman–Crippen LogP) is 19.2. The van der Waals surface area contributed by atoms with Crippen LogP contribution < -0.4 is 14.8 Å². The fourth-order valence-corrected chi connectivity index (χ4v) is 14.7. The molecule has 0 radical (unpaired) electrons. The first-order chi connectivity index (χ1) is 52.1. The number of hydrogen-bond donors (Lipinski definition) is 7. The van der Waals surface area contributed by atoms with E-state index in [0.29, 0.717) is 161 Å². The number of fused-ring (bicyclic) bond motifs is 4. The number of carbonyl (C=O) groups is 8. The van der Waals surface area contributed by atoms with Crippen LogP contribution in [-0.4, -0.2) is 117 Å². The van der Waals surface area contributed by atoms with Gasteiger partial charge >= 0.3 is 17.9 Å². The summed E-state index contributed by atoms with van der Waals surface area (Å²) in [6, 6.07) is 36.9. The van der Waals surface area contributed by atoms with Gasteiger partial charge in [-0.05, 0) is 209 Å². The van der Waals surface area contributed by atoms with E-state index in [4.69, 9.17) is 107 Å². The summed E-state index contributed by atoms with van der Waals surface area (Å²) in [6.07, 6.45) is 1.56. The third-order valence-electron chi connectivity index (χ3n) is 18.3. The molecule has 12 rings (SSSR count). The van der Waals surface area contributed by atoms with Gasteiger partial charge in [0.2, 0.25) is 5.91 Å². The molecule has 110 heavy (non-hydrogen) atoms. The predicted molar refractivity (Wildman–Crippen MR) is 429 cm³/mol. The Morgan fingerprint density at radius 1 is 0.482 bits per heavy atom. The van der Waals surface area contributed by atoms with Crippen LogP contribution in [0.4, 0.5) is 0 Å². The normalized spacial score (nSPS) is 11.6. The summed E-state index contributed by atoms with van der Waals surface area (Å²) in [7, 11) is 1.50. The monoisotopic (exact) mass is 1650 g/mol. The lowest BCUT2D eigenvalue weighted by Gasteiger charge is -2.13. The van der Waals surface area contributed by atoms with Crippen molar-refractivity contribution in [2.75, 3.05) is 20.3 Å². The highest BCUT2D eigenvalue weighted by Crippen LogP contribution is 2.47. The molecular formula is C81H71Cl8N5O16. The Hall–Kier alpha value is -10.0. The van der Waals surface area contributed by atoms with Crippen molar-refractivity contribution >= 4 is 184 Å². The number of hydrogen-bond acceptors (Lipinski definition) is 14. The molecule has 0 spiro atoms. The second-order valence-electron chi connectivity index (χ2n) is 25.2. The van der Waals surface area contributed by atoms with E-state index in [1.807, 2.05) is 13.8 Å². The number of aryl methyl sites for hydroxylation is 1. The van der Waals surface area contributed by atoms with E-state index in [1.165, 1.54) is 46.8 Å². The molecule has 29 heteroatoms. The third-order valence-corrected chi connectivity index (χ3v) is 20.8. The Morgan fingerprint density at radius 2 is 0.882 bits per heavy atom. The van der Waals surface area contributed by atoms with Crippen LogP contribution in [0.15, 0.2) is 140 Å². The van der Waals surface area contributed by atoms with Gasteiger partial charge in [-0.3, -0.25) is 56.6 Å². The number of aliphatic carboxylic acids is 2. The van der Waals surface area contributed by atoms with Crippen molar-refractivity contribution in [2.24, 2.45) is 0 Å². The number of nitrogens with zero attached hydrogens (tertiary/aromatic N) is 4.